The molecule has 0 bridgehead atoms. The number of carbonyl (C=O) groups is 2. The molecule has 0 saturated carbocycles. The number of morpholine rings is 1. The summed E-state index contributed by atoms with van der Waals surface area (Å²) in [5, 5.41) is 10.0. The number of hydrogen-bond donors (Lipinski definition) is 1. The third-order valence-electron chi connectivity index (χ3n) is 5.99. The summed E-state index contributed by atoms with van der Waals surface area (Å²) >= 11 is 0. The highest BCUT2D eigenvalue weighted by molar-refractivity contribution is 5.97. The normalized spacial score (nSPS) is 17.2. The van der Waals surface area contributed by atoms with Crippen molar-refractivity contribution < 1.29 is 33.0 Å². The SMILES string of the molecule is CCc1cc(O)c(Oc2ccc(C(=O)N3CCN(CN4CCOCC4)C(=O)C3)cc2F)cc1F. The van der Waals surface area contributed by atoms with E-state index in [9.17, 15) is 23.5 Å². The van der Waals surface area contributed by atoms with Crippen LogP contribution in [-0.2, 0) is 16.0 Å². The molecule has 4 rings (SSSR count). The molecule has 0 aliphatic carbocycles. The van der Waals surface area contributed by atoms with E-state index in [1.54, 1.807) is 11.8 Å². The summed E-state index contributed by atoms with van der Waals surface area (Å²) < 4.78 is 39.4. The molecule has 182 valence electrons. The topological polar surface area (TPSA) is 82.6 Å². The Kier molecular flexibility index (Phi) is 7.28. The van der Waals surface area contributed by atoms with Crippen LogP contribution in [0.3, 0.4) is 0 Å². The average Bonchev–Trinajstić information content (AvgIpc) is 2.83. The molecule has 34 heavy (non-hydrogen) atoms. The molecule has 2 aliphatic rings. The van der Waals surface area contributed by atoms with Gasteiger partial charge in [-0.25, -0.2) is 8.78 Å². The lowest BCUT2D eigenvalue weighted by molar-refractivity contribution is -0.138. The fourth-order valence-corrected chi connectivity index (χ4v) is 3.97. The number of piperazine rings is 1. The maximum atomic E-state index is 14.7. The smallest absolute Gasteiger partial charge is 0.254 e. The van der Waals surface area contributed by atoms with Crippen LogP contribution in [0.5, 0.6) is 17.2 Å². The molecule has 2 amide bonds. The van der Waals surface area contributed by atoms with Crippen LogP contribution in [0.2, 0.25) is 0 Å². The van der Waals surface area contributed by atoms with Gasteiger partial charge in [0.05, 0.1) is 19.9 Å². The van der Waals surface area contributed by atoms with E-state index in [0.29, 0.717) is 45.0 Å². The number of phenolic OH excluding ortho intramolecular Hbond substituents is 1. The highest BCUT2D eigenvalue weighted by atomic mass is 19.1. The molecule has 8 nitrogen and oxygen atoms in total. The van der Waals surface area contributed by atoms with Crippen LogP contribution < -0.4 is 4.74 Å². The second-order valence-electron chi connectivity index (χ2n) is 8.27. The maximum Gasteiger partial charge on any atom is 0.254 e. The highest BCUT2D eigenvalue weighted by Crippen LogP contribution is 2.34. The molecule has 0 aromatic heterocycles. The van der Waals surface area contributed by atoms with Gasteiger partial charge in [0.1, 0.15) is 12.4 Å². The average molecular weight is 475 g/mol. The first kappa shape index (κ1) is 23.9. The van der Waals surface area contributed by atoms with Crippen molar-refractivity contribution in [3.63, 3.8) is 0 Å². The number of phenols is 1. The molecule has 10 heteroatoms. The van der Waals surface area contributed by atoms with Crippen molar-refractivity contribution in [1.29, 1.82) is 0 Å². The van der Waals surface area contributed by atoms with Crippen LogP contribution in [0, 0.1) is 11.6 Å². The van der Waals surface area contributed by atoms with Crippen LogP contribution in [0.15, 0.2) is 30.3 Å². The van der Waals surface area contributed by atoms with Gasteiger partial charge in [-0.3, -0.25) is 14.5 Å². The van der Waals surface area contributed by atoms with Gasteiger partial charge in [0.2, 0.25) is 5.91 Å². The first-order valence-electron chi connectivity index (χ1n) is 11.2. The number of halogens is 2. The summed E-state index contributed by atoms with van der Waals surface area (Å²) in [5.41, 5.74) is 0.377. The van der Waals surface area contributed by atoms with Crippen molar-refractivity contribution >= 4 is 11.8 Å². The molecule has 2 fully saturated rings. The Morgan fingerprint density at radius 3 is 2.50 bits per heavy atom. The molecule has 2 aromatic rings. The van der Waals surface area contributed by atoms with Crippen LogP contribution in [0.25, 0.3) is 0 Å². The van der Waals surface area contributed by atoms with Gasteiger partial charge in [0, 0.05) is 37.8 Å². The standard InChI is InChI=1S/C24H27F2N3O5/c1-2-16-12-20(30)22(13-18(16)25)34-21-4-3-17(11-19(21)26)24(32)28-5-6-29(23(31)14-28)15-27-7-9-33-10-8-27/h3-4,11-13,30H,2,5-10,14-15H2,1H3. The van der Waals surface area contributed by atoms with Crippen LogP contribution in [-0.4, -0.2) is 84.2 Å². The Bertz CT molecular complexity index is 1070. The largest absolute Gasteiger partial charge is 0.504 e. The molecular formula is C24H27F2N3O5. The van der Waals surface area contributed by atoms with E-state index in [1.165, 1.54) is 23.1 Å². The van der Waals surface area contributed by atoms with Crippen molar-refractivity contribution in [2.24, 2.45) is 0 Å². The predicted octanol–water partition coefficient (Wildman–Crippen LogP) is 2.60. The van der Waals surface area contributed by atoms with E-state index in [0.717, 1.165) is 25.2 Å². The molecule has 0 atom stereocenters. The number of carbonyl (C=O) groups excluding carboxylic acids is 2. The minimum atomic E-state index is -0.845. The van der Waals surface area contributed by atoms with Gasteiger partial charge < -0.3 is 24.4 Å². The number of benzene rings is 2. The third kappa shape index (κ3) is 5.28. The Morgan fingerprint density at radius 2 is 1.82 bits per heavy atom. The number of rotatable bonds is 6. The van der Waals surface area contributed by atoms with E-state index in [4.69, 9.17) is 9.47 Å². The Morgan fingerprint density at radius 1 is 1.06 bits per heavy atom. The Labute approximate surface area is 196 Å². The molecule has 1 N–H and O–H groups in total. The van der Waals surface area contributed by atoms with E-state index in [2.05, 4.69) is 4.90 Å². The molecular weight excluding hydrogens is 448 g/mol. The van der Waals surface area contributed by atoms with Crippen molar-refractivity contribution in [3.8, 4) is 17.2 Å². The number of hydrogen-bond acceptors (Lipinski definition) is 6. The van der Waals surface area contributed by atoms with E-state index in [-0.39, 0.29) is 35.3 Å². The van der Waals surface area contributed by atoms with E-state index < -0.39 is 17.5 Å². The predicted molar refractivity (Wildman–Crippen MR) is 119 cm³/mol. The van der Waals surface area contributed by atoms with Crippen molar-refractivity contribution in [1.82, 2.24) is 14.7 Å². The van der Waals surface area contributed by atoms with Gasteiger partial charge in [-0.1, -0.05) is 6.92 Å². The lowest BCUT2D eigenvalue weighted by atomic mass is 10.1. The molecule has 2 heterocycles. The van der Waals surface area contributed by atoms with Gasteiger partial charge in [-0.2, -0.15) is 0 Å². The lowest BCUT2D eigenvalue weighted by Gasteiger charge is -2.38. The number of amides is 2. The number of nitrogens with zero attached hydrogens (tertiary/aromatic N) is 3. The minimum Gasteiger partial charge on any atom is -0.504 e. The molecule has 2 saturated heterocycles. The number of aromatic hydroxyl groups is 1. The lowest BCUT2D eigenvalue weighted by Crippen LogP contribution is -2.56. The third-order valence-corrected chi connectivity index (χ3v) is 5.99. The monoisotopic (exact) mass is 475 g/mol. The van der Waals surface area contributed by atoms with Crippen LogP contribution >= 0.6 is 0 Å². The van der Waals surface area contributed by atoms with Gasteiger partial charge in [0.25, 0.3) is 5.91 Å². The first-order chi connectivity index (χ1) is 16.4. The highest BCUT2D eigenvalue weighted by Gasteiger charge is 2.29. The summed E-state index contributed by atoms with van der Waals surface area (Å²) in [6, 6.07) is 5.85. The van der Waals surface area contributed by atoms with Gasteiger partial charge in [0.15, 0.2) is 23.1 Å². The summed E-state index contributed by atoms with van der Waals surface area (Å²) in [6.45, 7) is 5.67. The van der Waals surface area contributed by atoms with Crippen LogP contribution in [0.4, 0.5) is 8.78 Å². The molecule has 0 spiro atoms. The molecule has 2 aliphatic heterocycles. The van der Waals surface area contributed by atoms with Crippen molar-refractivity contribution in [2.75, 3.05) is 52.6 Å². The maximum absolute atomic E-state index is 14.7. The molecule has 2 aromatic carbocycles. The van der Waals surface area contributed by atoms with Gasteiger partial charge >= 0.3 is 0 Å². The fourth-order valence-electron chi connectivity index (χ4n) is 3.97. The van der Waals surface area contributed by atoms with Crippen molar-refractivity contribution in [2.45, 2.75) is 13.3 Å². The number of aryl methyl sites for hydroxylation is 1. The number of ether oxygens (including phenoxy) is 2. The first-order valence-corrected chi connectivity index (χ1v) is 11.2. The van der Waals surface area contributed by atoms with Crippen molar-refractivity contribution in [3.05, 3.63) is 53.1 Å². The van der Waals surface area contributed by atoms with E-state index >= 15 is 0 Å². The summed E-state index contributed by atoms with van der Waals surface area (Å²) in [4.78, 5) is 30.7. The fraction of sp³-hybridized carbons (Fsp3) is 0.417. The Balaban J connectivity index is 1.39. The zero-order valence-electron chi connectivity index (χ0n) is 18.9. The molecule has 0 unspecified atom stereocenters. The van der Waals surface area contributed by atoms with Gasteiger partial charge in [-0.05, 0) is 36.2 Å². The second kappa shape index (κ2) is 10.4. The summed E-state index contributed by atoms with van der Waals surface area (Å²) in [5.74, 6) is -2.85. The Hall–Kier alpha value is -3.24. The van der Waals surface area contributed by atoms with Gasteiger partial charge in [-0.15, -0.1) is 0 Å². The van der Waals surface area contributed by atoms with E-state index in [1.807, 2.05) is 0 Å². The zero-order valence-corrected chi connectivity index (χ0v) is 18.9. The quantitative estimate of drug-likeness (QED) is 0.692. The second-order valence-corrected chi connectivity index (χ2v) is 8.27. The van der Waals surface area contributed by atoms with Crippen LogP contribution in [0.1, 0.15) is 22.8 Å². The minimum absolute atomic E-state index is 0.0658. The zero-order chi connectivity index (χ0) is 24.2. The summed E-state index contributed by atoms with van der Waals surface area (Å²) in [6.07, 6.45) is 0.384. The summed E-state index contributed by atoms with van der Waals surface area (Å²) in [7, 11) is 0. The molecule has 0 radical (unpaired) electrons.